The number of nitrogens with zero attached hydrogens (tertiary/aromatic N) is 1. The highest BCUT2D eigenvalue weighted by atomic mass is 31.2. The molecule has 3 aromatic carbocycles. The van der Waals surface area contributed by atoms with Crippen molar-refractivity contribution in [2.45, 2.75) is 39.3 Å². The number of alkyl halides is 3. The molecule has 0 spiro atoms. The molecular weight excluding hydrogens is 576 g/mol. The van der Waals surface area contributed by atoms with Crippen LogP contribution in [-0.2, 0) is 9.59 Å². The van der Waals surface area contributed by atoms with Gasteiger partial charge in [0.1, 0.15) is 29.1 Å². The molecule has 232 valence electrons. The first-order chi connectivity index (χ1) is 20.2. The van der Waals surface area contributed by atoms with Crippen LogP contribution in [0.4, 0.5) is 13.2 Å². The maximum Gasteiger partial charge on any atom is 0.430 e. The maximum absolute atomic E-state index is 12.9. The third-order valence-corrected chi connectivity index (χ3v) is 11.7. The molecule has 43 heavy (non-hydrogen) atoms. The Labute approximate surface area is 252 Å². The average molecular weight is 617 g/mol. The number of unbranched alkanes of at least 4 members (excludes halogenated alkanes) is 1. The molecule has 11 heteroatoms. The quantitative estimate of drug-likeness (QED) is 0.125. The van der Waals surface area contributed by atoms with Crippen LogP contribution < -0.4 is 32.1 Å². The van der Waals surface area contributed by atoms with Gasteiger partial charge < -0.3 is 25.9 Å². The van der Waals surface area contributed by atoms with Gasteiger partial charge in [-0.05, 0) is 55.7 Å². The van der Waals surface area contributed by atoms with Crippen LogP contribution in [0.25, 0.3) is 0 Å². The molecule has 0 aromatic heterocycles. The van der Waals surface area contributed by atoms with Crippen molar-refractivity contribution in [3.63, 3.8) is 0 Å². The van der Waals surface area contributed by atoms with Gasteiger partial charge in [0.2, 0.25) is 5.91 Å². The van der Waals surface area contributed by atoms with Gasteiger partial charge in [0, 0.05) is 25.6 Å². The molecule has 0 fully saturated rings. The fraction of sp³-hybridized carbons (Fsp3) is 0.344. The van der Waals surface area contributed by atoms with Crippen LogP contribution in [0.2, 0.25) is 0 Å². The van der Waals surface area contributed by atoms with Gasteiger partial charge in [0.05, 0.1) is 6.16 Å². The summed E-state index contributed by atoms with van der Waals surface area (Å²) in [5, 5.41) is 23.6. The van der Waals surface area contributed by atoms with Gasteiger partial charge in [0.25, 0.3) is 0 Å². The minimum atomic E-state index is -5.19. The lowest BCUT2D eigenvalue weighted by molar-refractivity contribution is -0.344. The monoisotopic (exact) mass is 616 g/mol. The highest BCUT2D eigenvalue weighted by molar-refractivity contribution is 7.95. The number of hydrogen-bond acceptors (Lipinski definition) is 4. The van der Waals surface area contributed by atoms with Crippen molar-refractivity contribution >= 4 is 41.0 Å². The van der Waals surface area contributed by atoms with Crippen molar-refractivity contribution < 1.29 is 27.9 Å². The summed E-state index contributed by atoms with van der Waals surface area (Å²) in [5.74, 6) is -2.93. The Morgan fingerprint density at radius 1 is 0.860 bits per heavy atom. The second-order valence-electron chi connectivity index (χ2n) is 10.7. The topological polar surface area (TPSA) is 122 Å². The van der Waals surface area contributed by atoms with Crippen LogP contribution in [0, 0.1) is 10.8 Å². The summed E-state index contributed by atoms with van der Waals surface area (Å²) in [6.07, 6.45) is -1.57. The largest absolute Gasteiger partial charge is 0.542 e. The van der Waals surface area contributed by atoms with Crippen LogP contribution in [-0.4, -0.2) is 55.2 Å². The molecule has 3 rings (SSSR count). The van der Waals surface area contributed by atoms with Crippen LogP contribution in [0.3, 0.4) is 0 Å². The molecule has 1 amide bonds. The van der Waals surface area contributed by atoms with Crippen molar-refractivity contribution in [3.05, 3.63) is 91.0 Å². The Balaban J connectivity index is 0.000000821. The van der Waals surface area contributed by atoms with Crippen molar-refractivity contribution in [1.82, 2.24) is 10.2 Å². The molecule has 0 unspecified atom stereocenters. The number of nitrogens with one attached hydrogen (secondary N) is 2. The predicted molar refractivity (Wildman–Crippen MR) is 166 cm³/mol. The van der Waals surface area contributed by atoms with Gasteiger partial charge in [-0.25, -0.2) is 0 Å². The summed E-state index contributed by atoms with van der Waals surface area (Å²) in [6.45, 7) is 5.14. The molecule has 4 N–H and O–H groups in total. The summed E-state index contributed by atoms with van der Waals surface area (Å²) in [6, 6.07) is 32.7. The molecule has 0 bridgehead atoms. The maximum atomic E-state index is 12.9. The average Bonchev–Trinajstić information content (AvgIpc) is 2.99. The molecule has 0 heterocycles. The normalized spacial score (nSPS) is 11.6. The third kappa shape index (κ3) is 10.4. The number of carbonyl (C=O) groups excluding carboxylic acids is 2. The van der Waals surface area contributed by atoms with E-state index in [9.17, 15) is 18.0 Å². The van der Waals surface area contributed by atoms with E-state index in [0.717, 1.165) is 19.0 Å². The highest BCUT2D eigenvalue weighted by Gasteiger charge is 2.44. The van der Waals surface area contributed by atoms with Gasteiger partial charge >= 0.3 is 6.18 Å². The van der Waals surface area contributed by atoms with Gasteiger partial charge in [0.15, 0.2) is 5.96 Å². The second kappa shape index (κ2) is 16.1. The summed E-state index contributed by atoms with van der Waals surface area (Å²) in [5.41, 5.74) is 5.01. The van der Waals surface area contributed by atoms with Gasteiger partial charge in [-0.2, -0.15) is 13.2 Å². The first kappa shape index (κ1) is 35.3. The lowest BCUT2D eigenvalue weighted by atomic mass is 9.88. The number of hydrogen-bond donors (Lipinski definition) is 3. The van der Waals surface area contributed by atoms with E-state index in [-0.39, 0.29) is 11.9 Å². The minimum absolute atomic E-state index is 0.0215. The molecule has 0 saturated carbocycles. The van der Waals surface area contributed by atoms with Crippen LogP contribution in [0.5, 0.6) is 0 Å². The first-order valence-electron chi connectivity index (χ1n) is 13.9. The Morgan fingerprint density at radius 3 is 1.60 bits per heavy atom. The van der Waals surface area contributed by atoms with E-state index < -0.39 is 24.8 Å². The smallest absolute Gasteiger partial charge is 0.430 e. The Bertz CT molecular complexity index is 1210. The van der Waals surface area contributed by atoms with E-state index in [1.807, 2.05) is 13.8 Å². The van der Waals surface area contributed by atoms with E-state index in [1.165, 1.54) is 15.9 Å². The number of benzene rings is 3. The van der Waals surface area contributed by atoms with E-state index in [1.54, 1.807) is 11.9 Å². The Kier molecular flexibility index (Phi) is 13.2. The zero-order chi connectivity index (χ0) is 32.1. The fourth-order valence-corrected chi connectivity index (χ4v) is 8.89. The highest BCUT2D eigenvalue weighted by Crippen LogP contribution is 2.55. The van der Waals surface area contributed by atoms with E-state index >= 15 is 0 Å². The van der Waals surface area contributed by atoms with Crippen molar-refractivity contribution in [2.75, 3.05) is 26.3 Å². The molecule has 0 radical (unpaired) electrons. The summed E-state index contributed by atoms with van der Waals surface area (Å²) in [4.78, 5) is 23.3. The van der Waals surface area contributed by atoms with Gasteiger partial charge in [-0.1, -0.05) is 68.4 Å². The van der Waals surface area contributed by atoms with Crippen LogP contribution in [0.15, 0.2) is 91.0 Å². The molecule has 0 aliphatic carbocycles. The lowest BCUT2D eigenvalue weighted by Crippen LogP contribution is -2.41. The van der Waals surface area contributed by atoms with E-state index in [0.29, 0.717) is 19.5 Å². The number of amides is 1. The molecule has 7 nitrogen and oxygen atoms in total. The van der Waals surface area contributed by atoms with Gasteiger partial charge in [-0.15, -0.1) is 0 Å². The SMILES string of the molecule is CN(CCC(C)(C)C(=O)NCCCC[P+](c1ccccc1)(c1ccccc1)c1ccccc1)C(=N)N.O=C([O-])C(F)(F)F. The standard InChI is InChI=1S/C30H39N4OP.C2HF3O2/c1-30(2,21-23-34(3)29(31)32)28(35)33-22-13-14-24-36(25-15-7-4-8-16-25,26-17-9-5-10-18-26)27-19-11-6-12-20-27;3-2(4,5)1(6)7/h4-12,15-20H,13-14,21-24H2,1-3H3,(H3-,31,32,33,35);(H,6,7). The molecule has 3 aromatic rings. The third-order valence-electron chi connectivity index (χ3n) is 7.13. The van der Waals surface area contributed by atoms with Crippen molar-refractivity contribution in [2.24, 2.45) is 11.1 Å². The predicted octanol–water partition coefficient (Wildman–Crippen LogP) is 3.42. The number of rotatable bonds is 12. The molecule has 0 saturated heterocycles. The Morgan fingerprint density at radius 2 is 1.26 bits per heavy atom. The zero-order valence-electron chi connectivity index (χ0n) is 24.7. The van der Waals surface area contributed by atoms with E-state index in [2.05, 4.69) is 96.3 Å². The zero-order valence-corrected chi connectivity index (χ0v) is 25.6. The summed E-state index contributed by atoms with van der Waals surface area (Å²) in [7, 11) is -0.0553. The van der Waals surface area contributed by atoms with Gasteiger partial charge in [-0.3, -0.25) is 10.2 Å². The fourth-order valence-electron chi connectivity index (χ4n) is 4.48. The van der Waals surface area contributed by atoms with Crippen LogP contribution >= 0.6 is 7.26 Å². The molecule has 0 aliphatic heterocycles. The molecular formula is C32H40F3N4O3P. The van der Waals surface area contributed by atoms with E-state index in [4.69, 9.17) is 21.0 Å². The Hall–Kier alpha value is -3.91. The van der Waals surface area contributed by atoms with Crippen LogP contribution in [0.1, 0.15) is 33.1 Å². The number of carboxylic acids is 1. The number of aliphatic carboxylic acids is 1. The van der Waals surface area contributed by atoms with Crippen molar-refractivity contribution in [1.29, 1.82) is 5.41 Å². The number of nitrogens with two attached hydrogens (primary N) is 1. The number of halogens is 3. The first-order valence-corrected chi connectivity index (χ1v) is 15.9. The summed E-state index contributed by atoms with van der Waals surface area (Å²) < 4.78 is 31.5. The lowest BCUT2D eigenvalue weighted by Gasteiger charge is -2.28. The minimum Gasteiger partial charge on any atom is -0.542 e. The number of carboxylic acid groups (broad SMARTS) is 1. The molecule has 0 atom stereocenters. The number of guanidine groups is 1. The summed E-state index contributed by atoms with van der Waals surface area (Å²) >= 11 is 0. The van der Waals surface area contributed by atoms with Crippen molar-refractivity contribution in [3.8, 4) is 0 Å². The second-order valence-corrected chi connectivity index (χ2v) is 14.3. The number of carbonyl (C=O) groups is 2. The molecule has 0 aliphatic rings.